The lowest BCUT2D eigenvalue weighted by molar-refractivity contribution is -0.115. The molecular formula is C16H13FN4O2S. The number of anilines is 1. The topological polar surface area (TPSA) is 80.9 Å². The van der Waals surface area contributed by atoms with E-state index in [0.29, 0.717) is 16.8 Å². The Morgan fingerprint density at radius 3 is 2.58 bits per heavy atom. The normalized spacial score (nSPS) is 11.9. The number of halogens is 1. The largest absolute Gasteiger partial charge is 0.411 e. The Morgan fingerprint density at radius 2 is 1.88 bits per heavy atom. The van der Waals surface area contributed by atoms with Gasteiger partial charge >= 0.3 is 0 Å². The summed E-state index contributed by atoms with van der Waals surface area (Å²) in [5, 5.41) is 10.4. The Balaban J connectivity index is 1.62. The van der Waals surface area contributed by atoms with Gasteiger partial charge in [-0.1, -0.05) is 11.8 Å². The van der Waals surface area contributed by atoms with Gasteiger partial charge in [0.25, 0.3) is 5.22 Å². The lowest BCUT2D eigenvalue weighted by Crippen LogP contribution is -2.22. The number of amides is 1. The first-order valence-electron chi connectivity index (χ1n) is 7.09. The zero-order valence-electron chi connectivity index (χ0n) is 12.6. The predicted molar refractivity (Wildman–Crippen MR) is 87.9 cm³/mol. The molecule has 8 heteroatoms. The van der Waals surface area contributed by atoms with Crippen LogP contribution in [0.25, 0.3) is 11.5 Å². The van der Waals surface area contributed by atoms with E-state index < -0.39 is 5.25 Å². The summed E-state index contributed by atoms with van der Waals surface area (Å²) in [6, 6.07) is 9.08. The fraction of sp³-hybridized carbons (Fsp3) is 0.125. The smallest absolute Gasteiger partial charge is 0.277 e. The van der Waals surface area contributed by atoms with Gasteiger partial charge in [0.05, 0.1) is 5.25 Å². The standard InChI is InChI=1S/C16H13FN4O2S/c1-10(14(22)19-13-4-2-12(17)3-5-13)24-16-21-20-15(23-16)11-6-8-18-9-7-11/h2-10H,1H3,(H,19,22)/t10-/m0/s1. The van der Waals surface area contributed by atoms with Crippen LogP contribution in [0.5, 0.6) is 0 Å². The van der Waals surface area contributed by atoms with E-state index in [0.717, 1.165) is 17.3 Å². The minimum absolute atomic E-state index is 0.240. The SMILES string of the molecule is C[C@H](Sc1nnc(-c2ccncc2)o1)C(=O)Nc1ccc(F)cc1. The molecule has 0 saturated carbocycles. The van der Waals surface area contributed by atoms with E-state index in [4.69, 9.17) is 4.42 Å². The first-order valence-corrected chi connectivity index (χ1v) is 7.97. The minimum atomic E-state index is -0.458. The predicted octanol–water partition coefficient (Wildman–Crippen LogP) is 3.39. The number of pyridine rings is 1. The third kappa shape index (κ3) is 3.96. The van der Waals surface area contributed by atoms with Gasteiger partial charge in [0, 0.05) is 23.6 Å². The average molecular weight is 344 g/mol. The monoisotopic (exact) mass is 344 g/mol. The Hall–Kier alpha value is -2.74. The van der Waals surface area contributed by atoms with Crippen LogP contribution in [0.3, 0.4) is 0 Å². The first-order chi connectivity index (χ1) is 11.6. The van der Waals surface area contributed by atoms with Crippen LogP contribution in [-0.2, 0) is 4.79 Å². The number of benzene rings is 1. The molecule has 0 fully saturated rings. The van der Waals surface area contributed by atoms with Gasteiger partial charge in [-0.2, -0.15) is 0 Å². The molecular weight excluding hydrogens is 331 g/mol. The molecule has 3 aromatic rings. The van der Waals surface area contributed by atoms with Gasteiger partial charge in [-0.25, -0.2) is 4.39 Å². The van der Waals surface area contributed by atoms with Crippen molar-refractivity contribution in [1.29, 1.82) is 0 Å². The van der Waals surface area contributed by atoms with Gasteiger partial charge < -0.3 is 9.73 Å². The second-order valence-electron chi connectivity index (χ2n) is 4.87. The van der Waals surface area contributed by atoms with Crippen molar-refractivity contribution in [3.63, 3.8) is 0 Å². The maximum absolute atomic E-state index is 12.9. The lowest BCUT2D eigenvalue weighted by atomic mass is 10.3. The van der Waals surface area contributed by atoms with Crippen molar-refractivity contribution in [3.8, 4) is 11.5 Å². The number of rotatable bonds is 5. The molecule has 0 aliphatic rings. The number of nitrogens with one attached hydrogen (secondary N) is 1. The number of carbonyl (C=O) groups is 1. The van der Waals surface area contributed by atoms with Crippen LogP contribution in [0.1, 0.15) is 6.92 Å². The first kappa shape index (κ1) is 16.1. The highest BCUT2D eigenvalue weighted by Gasteiger charge is 2.19. The van der Waals surface area contributed by atoms with Crippen LogP contribution in [0.15, 0.2) is 58.4 Å². The number of nitrogens with zero attached hydrogens (tertiary/aromatic N) is 3. The maximum Gasteiger partial charge on any atom is 0.277 e. The maximum atomic E-state index is 12.9. The molecule has 2 heterocycles. The second kappa shape index (κ2) is 7.22. The lowest BCUT2D eigenvalue weighted by Gasteiger charge is -2.09. The number of carbonyl (C=O) groups excluding carboxylic acids is 1. The van der Waals surface area contributed by atoms with Gasteiger partial charge in [0.1, 0.15) is 5.82 Å². The molecule has 1 atom stereocenters. The summed E-state index contributed by atoms with van der Waals surface area (Å²) in [6.07, 6.45) is 3.26. The van der Waals surface area contributed by atoms with Crippen molar-refractivity contribution in [2.45, 2.75) is 17.4 Å². The Labute approximate surface area is 141 Å². The summed E-state index contributed by atoms with van der Waals surface area (Å²) in [6.45, 7) is 1.72. The molecule has 0 aliphatic carbocycles. The molecule has 1 amide bonds. The minimum Gasteiger partial charge on any atom is -0.411 e. The highest BCUT2D eigenvalue weighted by molar-refractivity contribution is 8.00. The molecule has 0 unspecified atom stereocenters. The fourth-order valence-corrected chi connectivity index (χ4v) is 2.53. The summed E-state index contributed by atoms with van der Waals surface area (Å²) in [5.74, 6) is -0.230. The second-order valence-corrected chi connectivity index (χ2v) is 6.16. The van der Waals surface area contributed by atoms with E-state index in [1.54, 1.807) is 31.5 Å². The van der Waals surface area contributed by atoms with E-state index >= 15 is 0 Å². The molecule has 122 valence electrons. The van der Waals surface area contributed by atoms with Gasteiger partial charge in [-0.3, -0.25) is 9.78 Å². The molecule has 0 aliphatic heterocycles. The number of thioether (sulfide) groups is 1. The highest BCUT2D eigenvalue weighted by atomic mass is 32.2. The quantitative estimate of drug-likeness (QED) is 0.715. The molecule has 0 spiro atoms. The van der Waals surface area contributed by atoms with Crippen LogP contribution in [0.2, 0.25) is 0 Å². The van der Waals surface area contributed by atoms with Crippen LogP contribution >= 0.6 is 11.8 Å². The van der Waals surface area contributed by atoms with Crippen molar-refractivity contribution >= 4 is 23.4 Å². The zero-order chi connectivity index (χ0) is 16.9. The van der Waals surface area contributed by atoms with Crippen LogP contribution in [0, 0.1) is 5.82 Å². The van der Waals surface area contributed by atoms with E-state index in [2.05, 4.69) is 20.5 Å². The molecule has 3 rings (SSSR count). The molecule has 6 nitrogen and oxygen atoms in total. The summed E-state index contributed by atoms with van der Waals surface area (Å²) < 4.78 is 18.4. The Morgan fingerprint density at radius 1 is 1.17 bits per heavy atom. The molecule has 0 radical (unpaired) electrons. The van der Waals surface area contributed by atoms with E-state index in [-0.39, 0.29) is 11.7 Å². The van der Waals surface area contributed by atoms with E-state index in [1.165, 1.54) is 24.3 Å². The zero-order valence-corrected chi connectivity index (χ0v) is 13.5. The molecule has 0 saturated heterocycles. The Bertz CT molecular complexity index is 824. The summed E-state index contributed by atoms with van der Waals surface area (Å²) >= 11 is 1.15. The van der Waals surface area contributed by atoms with E-state index in [9.17, 15) is 9.18 Å². The highest BCUT2D eigenvalue weighted by Crippen LogP contribution is 2.26. The van der Waals surface area contributed by atoms with Crippen molar-refractivity contribution in [3.05, 3.63) is 54.6 Å². The molecule has 1 aromatic carbocycles. The third-order valence-electron chi connectivity index (χ3n) is 3.09. The van der Waals surface area contributed by atoms with Crippen molar-refractivity contribution in [2.24, 2.45) is 0 Å². The van der Waals surface area contributed by atoms with Crippen molar-refractivity contribution < 1.29 is 13.6 Å². The van der Waals surface area contributed by atoms with Gasteiger partial charge in [0.2, 0.25) is 11.8 Å². The molecule has 24 heavy (non-hydrogen) atoms. The average Bonchev–Trinajstić information content (AvgIpc) is 3.06. The molecule has 2 aromatic heterocycles. The van der Waals surface area contributed by atoms with E-state index in [1.807, 2.05) is 0 Å². The van der Waals surface area contributed by atoms with Crippen molar-refractivity contribution in [2.75, 3.05) is 5.32 Å². The summed E-state index contributed by atoms with van der Waals surface area (Å²) in [7, 11) is 0. The van der Waals surface area contributed by atoms with Gasteiger partial charge in [-0.05, 0) is 43.3 Å². The molecule has 1 N–H and O–H groups in total. The van der Waals surface area contributed by atoms with Crippen LogP contribution in [0.4, 0.5) is 10.1 Å². The fourth-order valence-electron chi connectivity index (χ4n) is 1.85. The van der Waals surface area contributed by atoms with Gasteiger partial charge in [0.15, 0.2) is 0 Å². The van der Waals surface area contributed by atoms with Crippen LogP contribution < -0.4 is 5.32 Å². The molecule has 0 bridgehead atoms. The summed E-state index contributed by atoms with van der Waals surface area (Å²) in [5.41, 5.74) is 1.28. The Kier molecular flexibility index (Phi) is 4.85. The summed E-state index contributed by atoms with van der Waals surface area (Å²) in [4.78, 5) is 16.1. The third-order valence-corrected chi connectivity index (χ3v) is 4.03. The van der Waals surface area contributed by atoms with Crippen molar-refractivity contribution in [1.82, 2.24) is 15.2 Å². The number of hydrogen-bond acceptors (Lipinski definition) is 6. The van der Waals surface area contributed by atoms with Gasteiger partial charge in [-0.15, -0.1) is 10.2 Å². The van der Waals surface area contributed by atoms with Crippen LogP contribution in [-0.4, -0.2) is 26.3 Å². The number of hydrogen-bond donors (Lipinski definition) is 1. The number of aromatic nitrogens is 3.